The standard InChI is InChI=1S/C20H34N2O5/c1-14-8-10-15(11-9-14)17(23)12-13-22-16(19(26)21-20(22)27)6-4-2-3-5-7-18(24)25/h14-17,23H,2-13H2,1H3,(H,24,25)(H,21,26,27). The number of carbonyl (C=O) groups excluding carboxylic acids is 2. The van der Waals surface area contributed by atoms with Gasteiger partial charge in [0, 0.05) is 13.0 Å². The van der Waals surface area contributed by atoms with Crippen LogP contribution in [0.3, 0.4) is 0 Å². The fraction of sp³-hybridized carbons (Fsp3) is 0.850. The molecule has 2 rings (SSSR count). The van der Waals surface area contributed by atoms with Gasteiger partial charge in [-0.05, 0) is 43.9 Å². The Morgan fingerprint density at radius 1 is 1.15 bits per heavy atom. The molecule has 2 unspecified atom stereocenters. The Balaban J connectivity index is 1.73. The molecule has 0 bridgehead atoms. The molecule has 3 N–H and O–H groups in total. The Hall–Kier alpha value is -1.63. The van der Waals surface area contributed by atoms with E-state index in [0.29, 0.717) is 31.7 Å². The van der Waals surface area contributed by atoms with Crippen molar-refractivity contribution in [1.29, 1.82) is 0 Å². The van der Waals surface area contributed by atoms with Crippen molar-refractivity contribution in [1.82, 2.24) is 10.2 Å². The normalized spacial score (nSPS) is 26.9. The lowest BCUT2D eigenvalue weighted by atomic mass is 9.79. The summed E-state index contributed by atoms with van der Waals surface area (Å²) in [5, 5.41) is 21.5. The number of aliphatic hydroxyl groups excluding tert-OH is 1. The lowest BCUT2D eigenvalue weighted by Crippen LogP contribution is -2.38. The summed E-state index contributed by atoms with van der Waals surface area (Å²) in [6.45, 7) is 2.64. The Morgan fingerprint density at radius 3 is 2.48 bits per heavy atom. The van der Waals surface area contributed by atoms with E-state index in [2.05, 4.69) is 12.2 Å². The van der Waals surface area contributed by atoms with Gasteiger partial charge in [0.15, 0.2) is 0 Å². The van der Waals surface area contributed by atoms with Crippen LogP contribution in [-0.4, -0.2) is 51.7 Å². The molecule has 7 nitrogen and oxygen atoms in total. The van der Waals surface area contributed by atoms with Gasteiger partial charge in [-0.15, -0.1) is 0 Å². The summed E-state index contributed by atoms with van der Waals surface area (Å²) >= 11 is 0. The Kier molecular flexibility index (Phi) is 8.54. The number of urea groups is 1. The van der Waals surface area contributed by atoms with Crippen LogP contribution in [0.15, 0.2) is 0 Å². The second-order valence-corrected chi connectivity index (χ2v) is 8.23. The molecule has 154 valence electrons. The SMILES string of the molecule is CC1CCC(C(O)CCN2C(=O)NC(=O)C2CCCCCCC(=O)O)CC1. The van der Waals surface area contributed by atoms with E-state index in [0.717, 1.165) is 50.9 Å². The molecule has 1 heterocycles. The van der Waals surface area contributed by atoms with Gasteiger partial charge in [-0.1, -0.05) is 39.0 Å². The van der Waals surface area contributed by atoms with Gasteiger partial charge in [-0.2, -0.15) is 0 Å². The second kappa shape index (κ2) is 10.6. The summed E-state index contributed by atoms with van der Waals surface area (Å²) in [6, 6.07) is -0.823. The van der Waals surface area contributed by atoms with Crippen molar-refractivity contribution in [2.24, 2.45) is 11.8 Å². The third-order valence-corrected chi connectivity index (χ3v) is 6.06. The van der Waals surface area contributed by atoms with Crippen molar-refractivity contribution in [3.63, 3.8) is 0 Å². The van der Waals surface area contributed by atoms with Crippen LogP contribution >= 0.6 is 0 Å². The zero-order valence-corrected chi connectivity index (χ0v) is 16.4. The highest BCUT2D eigenvalue weighted by molar-refractivity contribution is 6.04. The van der Waals surface area contributed by atoms with E-state index in [4.69, 9.17) is 5.11 Å². The minimum atomic E-state index is -0.784. The molecule has 3 amide bonds. The molecule has 7 heteroatoms. The monoisotopic (exact) mass is 382 g/mol. The molecule has 0 spiro atoms. The van der Waals surface area contributed by atoms with Gasteiger partial charge in [0.25, 0.3) is 5.91 Å². The Labute approximate surface area is 161 Å². The van der Waals surface area contributed by atoms with Gasteiger partial charge < -0.3 is 15.1 Å². The quantitative estimate of drug-likeness (QED) is 0.376. The molecule has 2 atom stereocenters. The number of aliphatic hydroxyl groups is 1. The van der Waals surface area contributed by atoms with E-state index in [1.165, 1.54) is 0 Å². The molecular formula is C20H34N2O5. The van der Waals surface area contributed by atoms with Gasteiger partial charge in [0.05, 0.1) is 6.10 Å². The number of nitrogens with one attached hydrogen (secondary N) is 1. The first-order valence-electron chi connectivity index (χ1n) is 10.4. The van der Waals surface area contributed by atoms with Crippen LogP contribution in [0.1, 0.15) is 77.6 Å². The van der Waals surface area contributed by atoms with Crippen molar-refractivity contribution in [3.8, 4) is 0 Å². The first-order chi connectivity index (χ1) is 12.9. The second-order valence-electron chi connectivity index (χ2n) is 8.23. The number of amides is 3. The smallest absolute Gasteiger partial charge is 0.324 e. The van der Waals surface area contributed by atoms with Gasteiger partial charge in [-0.3, -0.25) is 14.9 Å². The maximum absolute atomic E-state index is 12.1. The van der Waals surface area contributed by atoms with Crippen molar-refractivity contribution < 1.29 is 24.6 Å². The average molecular weight is 383 g/mol. The van der Waals surface area contributed by atoms with Crippen LogP contribution in [0.5, 0.6) is 0 Å². The predicted octanol–water partition coefficient (Wildman–Crippen LogP) is 2.91. The van der Waals surface area contributed by atoms with Crippen molar-refractivity contribution in [2.45, 2.75) is 89.7 Å². The Morgan fingerprint density at radius 2 is 1.81 bits per heavy atom. The molecule has 1 saturated heterocycles. The van der Waals surface area contributed by atoms with Crippen LogP contribution in [0.25, 0.3) is 0 Å². The molecule has 0 aromatic carbocycles. The average Bonchev–Trinajstić information content (AvgIpc) is 2.89. The van der Waals surface area contributed by atoms with Gasteiger partial charge in [0.1, 0.15) is 6.04 Å². The number of imide groups is 1. The highest BCUT2D eigenvalue weighted by Crippen LogP contribution is 2.31. The Bertz CT molecular complexity index is 517. The summed E-state index contributed by atoms with van der Waals surface area (Å²) < 4.78 is 0. The lowest BCUT2D eigenvalue weighted by molar-refractivity contribution is -0.137. The fourth-order valence-corrected chi connectivity index (χ4v) is 4.23. The van der Waals surface area contributed by atoms with E-state index in [9.17, 15) is 19.5 Å². The van der Waals surface area contributed by atoms with Crippen LogP contribution < -0.4 is 5.32 Å². The van der Waals surface area contributed by atoms with E-state index in [-0.39, 0.29) is 18.4 Å². The number of carboxylic acids is 1. The lowest BCUT2D eigenvalue weighted by Gasteiger charge is -2.31. The number of carboxylic acid groups (broad SMARTS) is 1. The first-order valence-corrected chi connectivity index (χ1v) is 10.4. The van der Waals surface area contributed by atoms with E-state index in [1.807, 2.05) is 0 Å². The van der Waals surface area contributed by atoms with Gasteiger partial charge in [0.2, 0.25) is 0 Å². The highest BCUT2D eigenvalue weighted by Gasteiger charge is 2.38. The fourth-order valence-electron chi connectivity index (χ4n) is 4.23. The number of aliphatic carboxylic acids is 1. The molecule has 1 aliphatic carbocycles. The molecule has 0 radical (unpaired) electrons. The van der Waals surface area contributed by atoms with E-state index in [1.54, 1.807) is 4.90 Å². The minimum Gasteiger partial charge on any atom is -0.481 e. The van der Waals surface area contributed by atoms with E-state index >= 15 is 0 Å². The van der Waals surface area contributed by atoms with Gasteiger partial charge in [-0.25, -0.2) is 4.79 Å². The molecule has 1 aliphatic heterocycles. The number of nitrogens with zero attached hydrogens (tertiary/aromatic N) is 1. The minimum absolute atomic E-state index is 0.173. The molecule has 2 aliphatic rings. The number of carbonyl (C=O) groups is 3. The van der Waals surface area contributed by atoms with Crippen LogP contribution in [-0.2, 0) is 9.59 Å². The van der Waals surface area contributed by atoms with Crippen LogP contribution in [0.2, 0.25) is 0 Å². The number of hydrogen-bond acceptors (Lipinski definition) is 4. The molecule has 1 saturated carbocycles. The zero-order valence-electron chi connectivity index (χ0n) is 16.4. The number of rotatable bonds is 11. The summed E-state index contributed by atoms with van der Waals surface area (Å²) in [5.74, 6) is -0.00926. The topological polar surface area (TPSA) is 107 Å². The van der Waals surface area contributed by atoms with Gasteiger partial charge >= 0.3 is 12.0 Å². The predicted molar refractivity (Wildman–Crippen MR) is 101 cm³/mol. The first kappa shape index (κ1) is 21.7. The van der Waals surface area contributed by atoms with Crippen LogP contribution in [0, 0.1) is 11.8 Å². The molecule has 2 fully saturated rings. The summed E-state index contributed by atoms with van der Waals surface area (Å²) in [7, 11) is 0. The molecule has 0 aromatic heterocycles. The van der Waals surface area contributed by atoms with Crippen molar-refractivity contribution >= 4 is 17.9 Å². The third kappa shape index (κ3) is 6.79. The van der Waals surface area contributed by atoms with E-state index < -0.39 is 18.1 Å². The highest BCUT2D eigenvalue weighted by atomic mass is 16.4. The third-order valence-electron chi connectivity index (χ3n) is 6.06. The number of hydrogen-bond donors (Lipinski definition) is 3. The summed E-state index contributed by atoms with van der Waals surface area (Å²) in [6.07, 6.45) is 8.30. The molecule has 0 aromatic rings. The maximum Gasteiger partial charge on any atom is 0.324 e. The molecular weight excluding hydrogens is 348 g/mol. The molecule has 27 heavy (non-hydrogen) atoms. The largest absolute Gasteiger partial charge is 0.481 e. The van der Waals surface area contributed by atoms with Crippen LogP contribution in [0.4, 0.5) is 4.79 Å². The van der Waals surface area contributed by atoms with Crippen molar-refractivity contribution in [3.05, 3.63) is 0 Å². The van der Waals surface area contributed by atoms with Crippen molar-refractivity contribution in [2.75, 3.05) is 6.54 Å². The summed E-state index contributed by atoms with van der Waals surface area (Å²) in [4.78, 5) is 36.2. The summed E-state index contributed by atoms with van der Waals surface area (Å²) in [5.41, 5.74) is 0. The zero-order chi connectivity index (χ0) is 19.8. The number of unbranched alkanes of at least 4 members (excludes halogenated alkanes) is 3. The maximum atomic E-state index is 12.1.